The predicted molar refractivity (Wildman–Crippen MR) is 63.5 cm³/mol. The lowest BCUT2D eigenvalue weighted by atomic mass is 9.88. The maximum Gasteiger partial charge on any atom is 0.323 e. The summed E-state index contributed by atoms with van der Waals surface area (Å²) in [6, 6.07) is 1.94. The van der Waals surface area contributed by atoms with Crippen molar-refractivity contribution in [2.24, 2.45) is 7.05 Å². The van der Waals surface area contributed by atoms with Crippen LogP contribution < -0.4 is 0 Å². The van der Waals surface area contributed by atoms with E-state index in [1.54, 1.807) is 4.68 Å². The standard InChI is InChI=1S/C12H19N3O2/c1-12(11(16)17)6-3-4-7-15(12)9-10-5-8-14(2)13-10/h5,8H,3-4,6-7,9H2,1-2H3,(H,16,17). The molecule has 0 spiro atoms. The summed E-state index contributed by atoms with van der Waals surface area (Å²) in [7, 11) is 1.87. The third-order valence-corrected chi connectivity index (χ3v) is 3.62. The van der Waals surface area contributed by atoms with Gasteiger partial charge in [-0.25, -0.2) is 0 Å². The molecule has 5 heteroatoms. The van der Waals surface area contributed by atoms with Crippen molar-refractivity contribution >= 4 is 5.97 Å². The highest BCUT2D eigenvalue weighted by Gasteiger charge is 2.41. The van der Waals surface area contributed by atoms with Gasteiger partial charge in [0.2, 0.25) is 0 Å². The lowest BCUT2D eigenvalue weighted by Crippen LogP contribution is -2.54. The first kappa shape index (κ1) is 12.1. The molecule has 1 unspecified atom stereocenters. The first-order chi connectivity index (χ1) is 8.02. The van der Waals surface area contributed by atoms with Gasteiger partial charge >= 0.3 is 5.97 Å². The number of carboxylic acid groups (broad SMARTS) is 1. The lowest BCUT2D eigenvalue weighted by molar-refractivity contribution is -0.153. The van der Waals surface area contributed by atoms with Crippen LogP contribution in [0.5, 0.6) is 0 Å². The van der Waals surface area contributed by atoms with Gasteiger partial charge in [0.05, 0.1) is 5.69 Å². The van der Waals surface area contributed by atoms with Crippen LogP contribution in [-0.2, 0) is 18.4 Å². The highest BCUT2D eigenvalue weighted by atomic mass is 16.4. The average molecular weight is 237 g/mol. The van der Waals surface area contributed by atoms with Gasteiger partial charge in [-0.1, -0.05) is 0 Å². The summed E-state index contributed by atoms with van der Waals surface area (Å²) in [5.74, 6) is -0.729. The molecule has 1 aliphatic heterocycles. The zero-order valence-electron chi connectivity index (χ0n) is 10.4. The van der Waals surface area contributed by atoms with Gasteiger partial charge in [0, 0.05) is 19.8 Å². The second kappa shape index (κ2) is 4.49. The van der Waals surface area contributed by atoms with Gasteiger partial charge in [-0.05, 0) is 38.8 Å². The van der Waals surface area contributed by atoms with Crippen molar-refractivity contribution < 1.29 is 9.90 Å². The number of carboxylic acids is 1. The maximum absolute atomic E-state index is 11.4. The first-order valence-electron chi connectivity index (χ1n) is 5.99. The van der Waals surface area contributed by atoms with Crippen molar-refractivity contribution in [3.05, 3.63) is 18.0 Å². The predicted octanol–water partition coefficient (Wildman–Crippen LogP) is 1.25. The number of likely N-dealkylation sites (tertiary alicyclic amines) is 1. The summed E-state index contributed by atoms with van der Waals surface area (Å²) in [4.78, 5) is 13.4. The molecule has 1 saturated heterocycles. The number of hydrogen-bond acceptors (Lipinski definition) is 3. The van der Waals surface area contributed by atoms with Crippen LogP contribution in [0.2, 0.25) is 0 Å². The van der Waals surface area contributed by atoms with Crippen LogP contribution in [0.1, 0.15) is 31.9 Å². The molecule has 0 amide bonds. The molecule has 1 aromatic heterocycles. The minimum atomic E-state index is -0.740. The molecule has 1 fully saturated rings. The first-order valence-corrected chi connectivity index (χ1v) is 5.99. The number of carbonyl (C=O) groups is 1. The summed E-state index contributed by atoms with van der Waals surface area (Å²) in [5.41, 5.74) is 0.192. The Morgan fingerprint density at radius 2 is 2.35 bits per heavy atom. The Balaban J connectivity index is 2.14. The zero-order valence-corrected chi connectivity index (χ0v) is 10.4. The minimum Gasteiger partial charge on any atom is -0.480 e. The summed E-state index contributed by atoms with van der Waals surface area (Å²) in [5, 5.41) is 13.7. The van der Waals surface area contributed by atoms with Crippen molar-refractivity contribution in [3.63, 3.8) is 0 Å². The molecule has 17 heavy (non-hydrogen) atoms. The molecule has 2 heterocycles. The van der Waals surface area contributed by atoms with E-state index in [2.05, 4.69) is 5.10 Å². The topological polar surface area (TPSA) is 58.4 Å². The molecule has 0 aromatic carbocycles. The highest BCUT2D eigenvalue weighted by molar-refractivity contribution is 5.78. The molecule has 1 aromatic rings. The van der Waals surface area contributed by atoms with E-state index in [0.717, 1.165) is 31.5 Å². The fraction of sp³-hybridized carbons (Fsp3) is 0.667. The van der Waals surface area contributed by atoms with Crippen LogP contribution in [-0.4, -0.2) is 37.8 Å². The molecular weight excluding hydrogens is 218 g/mol. The molecule has 94 valence electrons. The number of hydrogen-bond donors (Lipinski definition) is 1. The fourth-order valence-electron chi connectivity index (χ4n) is 2.42. The van der Waals surface area contributed by atoms with Gasteiger partial charge in [0.1, 0.15) is 5.54 Å². The minimum absolute atomic E-state index is 0.615. The van der Waals surface area contributed by atoms with Crippen molar-refractivity contribution in [1.29, 1.82) is 0 Å². The van der Waals surface area contributed by atoms with E-state index in [1.807, 2.05) is 31.1 Å². The second-order valence-corrected chi connectivity index (χ2v) is 4.94. The Kier molecular flexibility index (Phi) is 3.19. The largest absolute Gasteiger partial charge is 0.480 e. The molecular formula is C12H19N3O2. The smallest absolute Gasteiger partial charge is 0.323 e. The Labute approximate surface area is 101 Å². The van der Waals surface area contributed by atoms with Gasteiger partial charge in [-0.3, -0.25) is 14.4 Å². The van der Waals surface area contributed by atoms with E-state index in [1.165, 1.54) is 0 Å². The van der Waals surface area contributed by atoms with E-state index >= 15 is 0 Å². The van der Waals surface area contributed by atoms with Crippen molar-refractivity contribution in [3.8, 4) is 0 Å². The van der Waals surface area contributed by atoms with E-state index in [0.29, 0.717) is 6.54 Å². The Morgan fingerprint density at radius 1 is 1.59 bits per heavy atom. The zero-order chi connectivity index (χ0) is 12.5. The third-order valence-electron chi connectivity index (χ3n) is 3.62. The molecule has 1 atom stereocenters. The number of aryl methyl sites for hydroxylation is 1. The van der Waals surface area contributed by atoms with Gasteiger partial charge in [-0.2, -0.15) is 5.10 Å². The quantitative estimate of drug-likeness (QED) is 0.859. The summed E-state index contributed by atoms with van der Waals surface area (Å²) < 4.78 is 1.75. The van der Waals surface area contributed by atoms with E-state index in [9.17, 15) is 9.90 Å². The second-order valence-electron chi connectivity index (χ2n) is 4.94. The summed E-state index contributed by atoms with van der Waals surface area (Å²) in [6.45, 7) is 3.26. The Bertz CT molecular complexity index is 416. The number of nitrogens with zero attached hydrogens (tertiary/aromatic N) is 3. The lowest BCUT2D eigenvalue weighted by Gasteiger charge is -2.41. The van der Waals surface area contributed by atoms with E-state index < -0.39 is 11.5 Å². The van der Waals surface area contributed by atoms with Crippen LogP contribution in [0, 0.1) is 0 Å². The normalized spacial score (nSPS) is 26.0. The number of aromatic nitrogens is 2. The van der Waals surface area contributed by atoms with Crippen molar-refractivity contribution in [1.82, 2.24) is 14.7 Å². The van der Waals surface area contributed by atoms with Crippen LogP contribution in [0.3, 0.4) is 0 Å². The maximum atomic E-state index is 11.4. The number of rotatable bonds is 3. The number of piperidine rings is 1. The Hall–Kier alpha value is -1.36. The summed E-state index contributed by atoms with van der Waals surface area (Å²) >= 11 is 0. The van der Waals surface area contributed by atoms with E-state index in [-0.39, 0.29) is 0 Å². The molecule has 0 aliphatic carbocycles. The monoisotopic (exact) mass is 237 g/mol. The molecule has 1 N–H and O–H groups in total. The third kappa shape index (κ3) is 2.34. The van der Waals surface area contributed by atoms with Gasteiger partial charge < -0.3 is 5.11 Å². The fourth-order valence-corrected chi connectivity index (χ4v) is 2.42. The molecule has 0 bridgehead atoms. The van der Waals surface area contributed by atoms with Crippen LogP contribution >= 0.6 is 0 Å². The number of aliphatic carboxylic acids is 1. The van der Waals surface area contributed by atoms with Crippen LogP contribution in [0.4, 0.5) is 0 Å². The molecule has 0 radical (unpaired) electrons. The molecule has 2 rings (SSSR count). The van der Waals surface area contributed by atoms with Crippen LogP contribution in [0.25, 0.3) is 0 Å². The van der Waals surface area contributed by atoms with E-state index in [4.69, 9.17) is 0 Å². The van der Waals surface area contributed by atoms with Gasteiger partial charge in [0.15, 0.2) is 0 Å². The van der Waals surface area contributed by atoms with Crippen molar-refractivity contribution in [2.75, 3.05) is 6.54 Å². The summed E-state index contributed by atoms with van der Waals surface area (Å²) in [6.07, 6.45) is 4.66. The van der Waals surface area contributed by atoms with Gasteiger partial charge in [0.25, 0.3) is 0 Å². The highest BCUT2D eigenvalue weighted by Crippen LogP contribution is 2.29. The SMILES string of the molecule is Cn1ccc(CN2CCCCC2(C)C(=O)O)n1. The average Bonchev–Trinajstić information content (AvgIpc) is 2.67. The Morgan fingerprint density at radius 3 is 2.94 bits per heavy atom. The van der Waals surface area contributed by atoms with Gasteiger partial charge in [-0.15, -0.1) is 0 Å². The van der Waals surface area contributed by atoms with Crippen molar-refractivity contribution in [2.45, 2.75) is 38.3 Å². The van der Waals surface area contributed by atoms with Crippen LogP contribution in [0.15, 0.2) is 12.3 Å². The molecule has 0 saturated carbocycles. The molecule has 1 aliphatic rings. The molecule has 5 nitrogen and oxygen atoms in total.